The monoisotopic (exact) mass is 636 g/mol. The molecule has 1 aromatic heterocycles. The molecule has 46 heavy (non-hydrogen) atoms. The number of alkyl halides is 3. The molecule has 2 saturated heterocycles. The fraction of sp³-hybridized carbons (Fsp3) is 0.375. The van der Waals surface area contributed by atoms with E-state index in [1.807, 2.05) is 36.4 Å². The van der Waals surface area contributed by atoms with Gasteiger partial charge in [-0.2, -0.15) is 0 Å². The van der Waals surface area contributed by atoms with Crippen molar-refractivity contribution < 1.29 is 27.4 Å². The Morgan fingerprint density at radius 2 is 1.61 bits per heavy atom. The molecule has 0 aliphatic carbocycles. The predicted molar refractivity (Wildman–Crippen MR) is 163 cm³/mol. The van der Waals surface area contributed by atoms with Crippen molar-refractivity contribution in [1.29, 1.82) is 0 Å². The van der Waals surface area contributed by atoms with Crippen LogP contribution in [0.25, 0.3) is 11.4 Å². The predicted octanol–water partition coefficient (Wildman–Crippen LogP) is 3.91. The van der Waals surface area contributed by atoms with E-state index in [9.17, 15) is 18.0 Å². The fourth-order valence-electron chi connectivity index (χ4n) is 6.90. The first kappa shape index (κ1) is 31.3. The molecule has 242 valence electrons. The maximum Gasteiger partial charge on any atom is 0.507 e. The fourth-order valence-corrected chi connectivity index (χ4v) is 6.90. The number of hydrogen-bond donors (Lipinski definition) is 1. The lowest BCUT2D eigenvalue weighted by Gasteiger charge is -2.53. The number of nitrogens with zero attached hydrogens (tertiary/aromatic N) is 7. The second-order valence-corrected chi connectivity index (χ2v) is 11.4. The zero-order chi connectivity index (χ0) is 32.4. The highest BCUT2D eigenvalue weighted by molar-refractivity contribution is 5.72. The number of ether oxygens (including phenoxy) is 2. The molecule has 3 heterocycles. The number of hydrogen-bond acceptors (Lipinski definition) is 8. The summed E-state index contributed by atoms with van der Waals surface area (Å²) >= 11 is 0. The largest absolute Gasteiger partial charge is 0.507 e. The van der Waals surface area contributed by atoms with Crippen LogP contribution in [0.1, 0.15) is 22.6 Å². The molecular weight excluding hydrogens is 601 g/mol. The van der Waals surface area contributed by atoms with Gasteiger partial charge in [-0.15, -0.1) is 23.0 Å². The van der Waals surface area contributed by atoms with Crippen molar-refractivity contribution in [3.8, 4) is 22.9 Å². The highest BCUT2D eigenvalue weighted by Crippen LogP contribution is 2.41. The number of halogens is 3. The van der Waals surface area contributed by atoms with Gasteiger partial charge in [0.25, 0.3) is 0 Å². The van der Waals surface area contributed by atoms with Crippen molar-refractivity contribution in [3.63, 3.8) is 0 Å². The molecule has 2 N–H and O–H groups in total. The number of amides is 2. The molecule has 2 amide bonds. The summed E-state index contributed by atoms with van der Waals surface area (Å²) in [4.78, 5) is 18.6. The molecule has 2 atom stereocenters. The van der Waals surface area contributed by atoms with Crippen LogP contribution in [0, 0.1) is 0 Å². The van der Waals surface area contributed by atoms with E-state index in [0.717, 1.165) is 11.1 Å². The number of methoxy groups -OCH3 is 2. The van der Waals surface area contributed by atoms with Gasteiger partial charge in [0.1, 0.15) is 11.5 Å². The third kappa shape index (κ3) is 6.09. The minimum atomic E-state index is -4.83. The Hall–Kier alpha value is -4.69. The zero-order valence-electron chi connectivity index (χ0n) is 25.5. The number of primary amides is 1. The Balaban J connectivity index is 1.42. The highest BCUT2D eigenvalue weighted by atomic mass is 19.4. The number of nitrogens with two attached hydrogens (primary N) is 1. The molecule has 14 heteroatoms. The van der Waals surface area contributed by atoms with Crippen LogP contribution < -0.4 is 15.2 Å². The Labute approximate surface area is 264 Å². The van der Waals surface area contributed by atoms with Gasteiger partial charge in [-0.3, -0.25) is 9.80 Å². The number of aromatic nitrogens is 4. The topological polar surface area (TPSA) is 115 Å². The van der Waals surface area contributed by atoms with Crippen molar-refractivity contribution in [2.24, 2.45) is 5.73 Å². The molecule has 6 rings (SSSR count). The molecule has 3 aromatic carbocycles. The number of rotatable bonds is 8. The molecule has 2 aliphatic rings. The normalized spacial score (nSPS) is 19.2. The van der Waals surface area contributed by atoms with Crippen molar-refractivity contribution >= 4 is 6.03 Å². The van der Waals surface area contributed by atoms with Crippen molar-refractivity contribution in [2.75, 3.05) is 46.9 Å². The van der Waals surface area contributed by atoms with Gasteiger partial charge < -0.3 is 20.1 Å². The van der Waals surface area contributed by atoms with Gasteiger partial charge in [0.2, 0.25) is 0 Å². The van der Waals surface area contributed by atoms with Crippen LogP contribution in [0.4, 0.5) is 18.0 Å². The average molecular weight is 637 g/mol. The molecule has 11 nitrogen and oxygen atoms in total. The maximum absolute atomic E-state index is 13.8. The number of tetrazole rings is 1. The quantitative estimate of drug-likeness (QED) is 0.310. The van der Waals surface area contributed by atoms with Gasteiger partial charge in [-0.05, 0) is 33.7 Å². The summed E-state index contributed by atoms with van der Waals surface area (Å²) in [5.74, 6) is 0.146. The molecule has 2 unspecified atom stereocenters. The van der Waals surface area contributed by atoms with Crippen molar-refractivity contribution in [1.82, 2.24) is 34.9 Å². The van der Waals surface area contributed by atoms with E-state index in [0.29, 0.717) is 50.6 Å². The summed E-state index contributed by atoms with van der Waals surface area (Å²) < 4.78 is 52.6. The number of piperazine rings is 2. The summed E-state index contributed by atoms with van der Waals surface area (Å²) in [6, 6.07) is 23.2. The van der Waals surface area contributed by atoms with Gasteiger partial charge in [0.15, 0.2) is 5.82 Å². The summed E-state index contributed by atoms with van der Waals surface area (Å²) in [5.41, 5.74) is 8.69. The van der Waals surface area contributed by atoms with E-state index in [1.165, 1.54) is 20.3 Å². The van der Waals surface area contributed by atoms with Crippen LogP contribution in [0.3, 0.4) is 0 Å². The average Bonchev–Trinajstić information content (AvgIpc) is 3.56. The van der Waals surface area contributed by atoms with Gasteiger partial charge in [-0.1, -0.05) is 60.7 Å². The summed E-state index contributed by atoms with van der Waals surface area (Å²) in [6.45, 7) is 3.13. The number of benzene rings is 3. The van der Waals surface area contributed by atoms with Crippen molar-refractivity contribution in [2.45, 2.75) is 30.8 Å². The van der Waals surface area contributed by atoms with Gasteiger partial charge in [0, 0.05) is 57.3 Å². The summed E-state index contributed by atoms with van der Waals surface area (Å²) in [7, 11) is 2.90. The standard InChI is InChI=1S/C32H35F3N8O3/c1-45-27-14-13-24(30-37-38-39-43(30)32(33,34)35)29(46-2)25(27)19-40-17-23-18-41(31(36)44)15-16-42(23)26(20-40)28(21-9-5-3-6-10-21)22-11-7-4-8-12-22/h3-14,23,26,28H,15-20H2,1-2H3,(H2,36,44). The number of carbonyl (C=O) groups is 1. The van der Waals surface area contributed by atoms with Gasteiger partial charge in [0.05, 0.1) is 25.3 Å². The lowest BCUT2D eigenvalue weighted by molar-refractivity contribution is -0.211. The zero-order valence-corrected chi connectivity index (χ0v) is 25.5. The SMILES string of the molecule is COc1ccc(-c2nnnn2C(F)(F)F)c(OC)c1CN1CC2CN(C(N)=O)CCN2C(C(c2ccccc2)c2ccccc2)C1. The first-order chi connectivity index (χ1) is 22.2. The number of fused-ring (bicyclic) bond motifs is 1. The molecular formula is C32H35F3N8O3. The Morgan fingerprint density at radius 3 is 2.20 bits per heavy atom. The van der Waals surface area contributed by atoms with Gasteiger partial charge >= 0.3 is 12.3 Å². The molecule has 0 saturated carbocycles. The lowest BCUT2D eigenvalue weighted by atomic mass is 9.81. The van der Waals surface area contributed by atoms with Crippen LogP contribution in [0.5, 0.6) is 11.5 Å². The summed E-state index contributed by atoms with van der Waals surface area (Å²) in [6.07, 6.45) is -4.83. The number of urea groups is 1. The van der Waals surface area contributed by atoms with E-state index in [1.54, 1.807) is 11.0 Å². The van der Waals surface area contributed by atoms with Crippen molar-refractivity contribution in [3.05, 3.63) is 89.5 Å². The highest BCUT2D eigenvalue weighted by Gasteiger charge is 2.43. The lowest BCUT2D eigenvalue weighted by Crippen LogP contribution is -2.67. The maximum atomic E-state index is 13.8. The molecule has 0 spiro atoms. The van der Waals surface area contributed by atoms with E-state index in [-0.39, 0.29) is 34.0 Å². The van der Waals surface area contributed by atoms with Crippen LogP contribution >= 0.6 is 0 Å². The molecule has 0 bridgehead atoms. The first-order valence-corrected chi connectivity index (χ1v) is 14.9. The third-order valence-electron chi connectivity index (χ3n) is 8.86. The Kier molecular flexibility index (Phi) is 8.82. The van der Waals surface area contributed by atoms with Crippen LogP contribution in [-0.2, 0) is 12.8 Å². The van der Waals surface area contributed by atoms with E-state index < -0.39 is 18.2 Å². The minimum absolute atomic E-state index is 0.000588. The van der Waals surface area contributed by atoms with E-state index in [4.69, 9.17) is 15.2 Å². The van der Waals surface area contributed by atoms with E-state index >= 15 is 0 Å². The molecule has 2 aliphatic heterocycles. The molecule has 0 radical (unpaired) electrons. The second kappa shape index (κ2) is 13.0. The second-order valence-electron chi connectivity index (χ2n) is 11.4. The third-order valence-corrected chi connectivity index (χ3v) is 8.86. The van der Waals surface area contributed by atoms with Crippen LogP contribution in [0.15, 0.2) is 72.8 Å². The van der Waals surface area contributed by atoms with E-state index in [2.05, 4.69) is 49.6 Å². The molecule has 2 fully saturated rings. The Bertz CT molecular complexity index is 1610. The first-order valence-electron chi connectivity index (χ1n) is 14.9. The minimum Gasteiger partial charge on any atom is -0.496 e. The smallest absolute Gasteiger partial charge is 0.496 e. The summed E-state index contributed by atoms with van der Waals surface area (Å²) in [5, 5.41) is 10.1. The number of carbonyl (C=O) groups excluding carboxylic acids is 1. The van der Waals surface area contributed by atoms with Crippen LogP contribution in [-0.4, -0.2) is 100.0 Å². The van der Waals surface area contributed by atoms with Crippen LogP contribution in [0.2, 0.25) is 0 Å². The molecule has 4 aromatic rings. The Morgan fingerprint density at radius 1 is 0.935 bits per heavy atom. The van der Waals surface area contributed by atoms with Gasteiger partial charge in [-0.25, -0.2) is 4.79 Å².